The fraction of sp³-hybridized carbons (Fsp3) is 0.278. The first-order valence-corrected chi connectivity index (χ1v) is 8.38. The number of carbonyl (C=O) groups is 1. The van der Waals surface area contributed by atoms with E-state index in [2.05, 4.69) is 4.74 Å². The number of methoxy groups -OCH3 is 1. The number of benzene rings is 2. The predicted molar refractivity (Wildman–Crippen MR) is 91.7 cm³/mol. The lowest BCUT2D eigenvalue weighted by molar-refractivity contribution is -0.140. The molecule has 0 aromatic heterocycles. The summed E-state index contributed by atoms with van der Waals surface area (Å²) in [5.74, 6) is 0.924. The molecule has 0 bridgehead atoms. The lowest BCUT2D eigenvalue weighted by Crippen LogP contribution is -2.05. The van der Waals surface area contributed by atoms with Crippen LogP contribution in [0.4, 0.5) is 0 Å². The van der Waals surface area contributed by atoms with E-state index in [1.54, 1.807) is 36.0 Å². The maximum absolute atomic E-state index is 11.3. The number of aromatic hydroxyl groups is 2. The molecule has 0 unspecified atom stereocenters. The van der Waals surface area contributed by atoms with Crippen molar-refractivity contribution in [3.63, 3.8) is 0 Å². The van der Waals surface area contributed by atoms with Crippen molar-refractivity contribution in [1.29, 1.82) is 0 Å². The second-order valence-electron chi connectivity index (χ2n) is 5.15. The average Bonchev–Trinajstić information content (AvgIpc) is 2.56. The van der Waals surface area contributed by atoms with Gasteiger partial charge in [-0.2, -0.15) is 11.8 Å². The summed E-state index contributed by atoms with van der Waals surface area (Å²) in [5, 5.41) is 19.0. The van der Waals surface area contributed by atoms with Gasteiger partial charge in [0.2, 0.25) is 0 Å². The highest BCUT2D eigenvalue weighted by Crippen LogP contribution is 2.34. The summed E-state index contributed by atoms with van der Waals surface area (Å²) < 4.78 is 4.67. The third-order valence-electron chi connectivity index (χ3n) is 3.48. The number of thioether (sulfide) groups is 1. The Hall–Kier alpha value is -2.14. The van der Waals surface area contributed by atoms with Gasteiger partial charge in [-0.15, -0.1) is 0 Å². The van der Waals surface area contributed by atoms with Crippen LogP contribution in [0.5, 0.6) is 11.5 Å². The van der Waals surface area contributed by atoms with Crippen LogP contribution in [0, 0.1) is 0 Å². The largest absolute Gasteiger partial charge is 0.508 e. The highest BCUT2D eigenvalue weighted by molar-refractivity contribution is 7.99. The Morgan fingerprint density at radius 2 is 1.61 bits per heavy atom. The van der Waals surface area contributed by atoms with Crippen molar-refractivity contribution in [2.45, 2.75) is 18.1 Å². The molecule has 5 heteroatoms. The Morgan fingerprint density at radius 1 is 1.04 bits per heavy atom. The van der Waals surface area contributed by atoms with Gasteiger partial charge in [0.1, 0.15) is 11.5 Å². The minimum atomic E-state index is -0.216. The van der Waals surface area contributed by atoms with Gasteiger partial charge in [0, 0.05) is 11.0 Å². The Bertz CT molecular complexity index is 622. The first kappa shape index (κ1) is 17.2. The number of ether oxygens (including phenoxy) is 1. The molecule has 4 nitrogen and oxygen atoms in total. The van der Waals surface area contributed by atoms with Crippen molar-refractivity contribution < 1.29 is 19.7 Å². The molecule has 2 rings (SSSR count). The molecule has 0 spiro atoms. The minimum absolute atomic E-state index is 0.157. The summed E-state index contributed by atoms with van der Waals surface area (Å²) >= 11 is 1.68. The zero-order chi connectivity index (χ0) is 16.7. The van der Waals surface area contributed by atoms with Crippen molar-refractivity contribution in [3.8, 4) is 11.5 Å². The quantitative estimate of drug-likeness (QED) is 0.757. The van der Waals surface area contributed by atoms with E-state index in [0.29, 0.717) is 12.2 Å². The molecular formula is C18H20O4S. The molecule has 1 atom stereocenters. The molecule has 0 saturated heterocycles. The van der Waals surface area contributed by atoms with Gasteiger partial charge >= 0.3 is 5.97 Å². The molecule has 2 N–H and O–H groups in total. The number of phenolic OH excluding ortho intramolecular Hbond substituents is 2. The summed E-state index contributed by atoms with van der Waals surface area (Å²) in [7, 11) is 1.39. The van der Waals surface area contributed by atoms with Crippen molar-refractivity contribution in [3.05, 3.63) is 59.7 Å². The third-order valence-corrected chi connectivity index (χ3v) is 4.76. The molecule has 0 amide bonds. The first-order chi connectivity index (χ1) is 11.1. The van der Waals surface area contributed by atoms with E-state index in [-0.39, 0.29) is 22.7 Å². The molecule has 0 aliphatic carbocycles. The van der Waals surface area contributed by atoms with Crippen molar-refractivity contribution in [1.82, 2.24) is 0 Å². The second-order valence-corrected chi connectivity index (χ2v) is 6.46. The minimum Gasteiger partial charge on any atom is -0.508 e. The van der Waals surface area contributed by atoms with E-state index in [1.807, 2.05) is 24.3 Å². The molecule has 122 valence electrons. The topological polar surface area (TPSA) is 66.8 Å². The summed E-state index contributed by atoms with van der Waals surface area (Å²) in [6, 6.07) is 14.2. The molecule has 0 saturated carbocycles. The van der Waals surface area contributed by atoms with Gasteiger partial charge in [-0.25, -0.2) is 0 Å². The summed E-state index contributed by atoms with van der Waals surface area (Å²) in [5.41, 5.74) is 2.19. The van der Waals surface area contributed by atoms with Crippen LogP contribution in [-0.4, -0.2) is 29.0 Å². The Morgan fingerprint density at radius 3 is 2.17 bits per heavy atom. The number of esters is 1. The summed E-state index contributed by atoms with van der Waals surface area (Å²) in [6.45, 7) is 0. The van der Waals surface area contributed by atoms with Gasteiger partial charge in [-0.1, -0.05) is 24.3 Å². The number of rotatable bonds is 7. The SMILES string of the molecule is COC(=O)CCS[C@H](Cc1ccc(O)cc1)c1ccc(O)cc1. The van der Waals surface area contributed by atoms with Gasteiger partial charge < -0.3 is 14.9 Å². The van der Waals surface area contributed by atoms with Crippen LogP contribution in [0.2, 0.25) is 0 Å². The fourth-order valence-electron chi connectivity index (χ4n) is 2.19. The van der Waals surface area contributed by atoms with Crippen LogP contribution in [-0.2, 0) is 16.0 Å². The molecule has 0 radical (unpaired) electrons. The molecule has 0 fully saturated rings. The number of hydrogen-bond donors (Lipinski definition) is 2. The van der Waals surface area contributed by atoms with E-state index in [4.69, 9.17) is 0 Å². The summed E-state index contributed by atoms with van der Waals surface area (Å²) in [6.07, 6.45) is 1.14. The van der Waals surface area contributed by atoms with Crippen molar-refractivity contribution in [2.24, 2.45) is 0 Å². The van der Waals surface area contributed by atoms with E-state index < -0.39 is 0 Å². The predicted octanol–water partition coefficient (Wildman–Crippen LogP) is 3.68. The fourth-order valence-corrected chi connectivity index (χ4v) is 3.42. The molecule has 2 aromatic rings. The van der Waals surface area contributed by atoms with Crippen LogP contribution in [0.25, 0.3) is 0 Å². The first-order valence-electron chi connectivity index (χ1n) is 7.33. The van der Waals surface area contributed by atoms with Gasteiger partial charge in [0.05, 0.1) is 13.5 Å². The van der Waals surface area contributed by atoms with E-state index in [0.717, 1.165) is 17.5 Å². The standard InChI is InChI=1S/C18H20O4S/c1-22-18(21)10-11-23-17(14-4-8-16(20)9-5-14)12-13-2-6-15(19)7-3-13/h2-9,17,19-20H,10-12H2,1H3/t17-/m1/s1. The van der Waals surface area contributed by atoms with Crippen LogP contribution in [0.15, 0.2) is 48.5 Å². The Balaban J connectivity index is 2.08. The van der Waals surface area contributed by atoms with Crippen molar-refractivity contribution in [2.75, 3.05) is 12.9 Å². The Kier molecular flexibility index (Phi) is 6.35. The van der Waals surface area contributed by atoms with Gasteiger partial charge in [-0.3, -0.25) is 4.79 Å². The summed E-state index contributed by atoms with van der Waals surface area (Å²) in [4.78, 5) is 11.3. The molecule has 0 aliphatic rings. The highest BCUT2D eigenvalue weighted by atomic mass is 32.2. The van der Waals surface area contributed by atoms with Crippen LogP contribution in [0.1, 0.15) is 22.8 Å². The van der Waals surface area contributed by atoms with E-state index in [9.17, 15) is 15.0 Å². The zero-order valence-electron chi connectivity index (χ0n) is 12.9. The molecule has 23 heavy (non-hydrogen) atoms. The lowest BCUT2D eigenvalue weighted by Gasteiger charge is -2.17. The maximum atomic E-state index is 11.3. The van der Waals surface area contributed by atoms with Gasteiger partial charge in [-0.05, 0) is 41.8 Å². The van der Waals surface area contributed by atoms with Gasteiger partial charge in [0.15, 0.2) is 0 Å². The van der Waals surface area contributed by atoms with E-state index in [1.165, 1.54) is 7.11 Å². The maximum Gasteiger partial charge on any atom is 0.306 e. The zero-order valence-corrected chi connectivity index (χ0v) is 13.8. The smallest absolute Gasteiger partial charge is 0.306 e. The molecular weight excluding hydrogens is 312 g/mol. The van der Waals surface area contributed by atoms with Gasteiger partial charge in [0.25, 0.3) is 0 Å². The average molecular weight is 332 g/mol. The van der Waals surface area contributed by atoms with Crippen LogP contribution < -0.4 is 0 Å². The lowest BCUT2D eigenvalue weighted by atomic mass is 10.0. The van der Waals surface area contributed by atoms with Crippen LogP contribution in [0.3, 0.4) is 0 Å². The highest BCUT2D eigenvalue weighted by Gasteiger charge is 2.14. The Labute approximate surface area is 140 Å². The molecule has 0 heterocycles. The number of phenols is 2. The number of hydrogen-bond acceptors (Lipinski definition) is 5. The van der Waals surface area contributed by atoms with E-state index >= 15 is 0 Å². The molecule has 2 aromatic carbocycles. The second kappa shape index (κ2) is 8.48. The normalized spacial score (nSPS) is 11.9. The monoisotopic (exact) mass is 332 g/mol. The van der Waals surface area contributed by atoms with Crippen molar-refractivity contribution >= 4 is 17.7 Å². The third kappa shape index (κ3) is 5.53. The molecule has 0 aliphatic heterocycles. The van der Waals surface area contributed by atoms with Crippen LogP contribution >= 0.6 is 11.8 Å². The number of carbonyl (C=O) groups excluding carboxylic acids is 1.